The third-order valence-electron chi connectivity index (χ3n) is 8.12. The van der Waals surface area contributed by atoms with Gasteiger partial charge in [0.05, 0.1) is 14.2 Å². The van der Waals surface area contributed by atoms with Gasteiger partial charge in [-0.05, 0) is 18.2 Å². The molecule has 42 heavy (non-hydrogen) atoms. The number of hydrogen-bond donors (Lipinski definition) is 0. The van der Waals surface area contributed by atoms with Crippen molar-refractivity contribution < 1.29 is 23.4 Å². The van der Waals surface area contributed by atoms with Gasteiger partial charge < -0.3 is 9.47 Å². The molecule has 0 aliphatic carbocycles. The summed E-state index contributed by atoms with van der Waals surface area (Å²) in [5.74, 6) is 2.26. The van der Waals surface area contributed by atoms with Gasteiger partial charge in [-0.25, -0.2) is 0 Å². The van der Waals surface area contributed by atoms with Crippen molar-refractivity contribution in [3.8, 4) is 23.0 Å². The van der Waals surface area contributed by atoms with Crippen LogP contribution in [0, 0.1) is 5.82 Å². The minimum atomic E-state index is -2.89. The number of carbonyl (C=O) groups excluding carboxylic acids is 1. The third-order valence-corrected chi connectivity index (χ3v) is 23.8. The Kier molecular flexibility index (Phi) is 13.5. The Bertz CT molecular complexity index is 1260. The van der Waals surface area contributed by atoms with Gasteiger partial charge in [0.15, 0.2) is 0 Å². The van der Waals surface area contributed by atoms with Crippen molar-refractivity contribution in [3.05, 3.63) is 72.0 Å². The normalized spacial score (nSPS) is 11.3. The van der Waals surface area contributed by atoms with Crippen LogP contribution in [0.2, 0.25) is 13.3 Å². The fourth-order valence-electron chi connectivity index (χ4n) is 5.70. The van der Waals surface area contributed by atoms with Crippen molar-refractivity contribution in [1.82, 2.24) is 0 Å². The maximum atomic E-state index is 15.8. The zero-order chi connectivity index (χ0) is 30.5. The first-order valence-corrected chi connectivity index (χ1v) is 22.9. The molecule has 0 unspecified atom stereocenters. The molecule has 0 saturated heterocycles. The molecule has 0 heterocycles. The molecule has 1 amide bonds. The number of nitrogens with zero attached hydrogens (tertiary/aromatic N) is 1. The number of hydrogen-bond acceptors (Lipinski definition) is 4. The Morgan fingerprint density at radius 1 is 0.762 bits per heavy atom. The molecule has 0 fully saturated rings. The summed E-state index contributed by atoms with van der Waals surface area (Å²) in [6.45, 7) is 8.57. The fraction of sp³-hybridized carbons (Fsp3) is 0.457. The number of carbonyl (C=O) groups is 1. The van der Waals surface area contributed by atoms with Crippen LogP contribution in [0.25, 0.3) is 0 Å². The number of methoxy groups -OCH3 is 2. The Morgan fingerprint density at radius 2 is 1.33 bits per heavy atom. The molecule has 0 radical (unpaired) electrons. The molecule has 3 aromatic rings. The molecule has 3 rings (SSSR count). The van der Waals surface area contributed by atoms with Crippen LogP contribution in [0.3, 0.4) is 0 Å². The predicted molar refractivity (Wildman–Crippen MR) is 174 cm³/mol. The summed E-state index contributed by atoms with van der Waals surface area (Å²) >= 11 is -2.89. The zero-order valence-electron chi connectivity index (χ0n) is 26.3. The molecule has 0 spiro atoms. The number of benzene rings is 3. The summed E-state index contributed by atoms with van der Waals surface area (Å²) in [7, 11) is 3.22. The van der Waals surface area contributed by atoms with E-state index >= 15 is 4.39 Å². The van der Waals surface area contributed by atoms with Crippen LogP contribution in [0.5, 0.6) is 23.0 Å². The Hall–Kier alpha value is -2.74. The zero-order valence-corrected chi connectivity index (χ0v) is 29.2. The van der Waals surface area contributed by atoms with Gasteiger partial charge in [-0.1, -0.05) is 0 Å². The molecule has 0 aliphatic rings. The van der Waals surface area contributed by atoms with Crippen molar-refractivity contribution in [2.45, 2.75) is 86.1 Å². The minimum absolute atomic E-state index is 0.0989. The number of amides is 1. The van der Waals surface area contributed by atoms with E-state index in [9.17, 15) is 4.79 Å². The average Bonchev–Trinajstić information content (AvgIpc) is 3.00. The molecule has 0 saturated carbocycles. The first-order chi connectivity index (χ1) is 20.3. The maximum absolute atomic E-state index is 15.8. The molecule has 0 N–H and O–H groups in total. The summed E-state index contributed by atoms with van der Waals surface area (Å²) < 4.78 is 37.5. The topological polar surface area (TPSA) is 48.0 Å². The molecule has 3 aromatic carbocycles. The average molecular weight is 684 g/mol. The van der Waals surface area contributed by atoms with Gasteiger partial charge in [-0.15, -0.1) is 0 Å². The second kappa shape index (κ2) is 16.8. The van der Waals surface area contributed by atoms with Crippen LogP contribution in [0.1, 0.15) is 71.8 Å². The van der Waals surface area contributed by atoms with Crippen LogP contribution in [0.4, 0.5) is 10.1 Å². The van der Waals surface area contributed by atoms with Crippen molar-refractivity contribution in [3.63, 3.8) is 0 Å². The fourth-order valence-corrected chi connectivity index (χ4v) is 21.9. The van der Waals surface area contributed by atoms with Crippen LogP contribution in [-0.2, 0) is 11.3 Å². The van der Waals surface area contributed by atoms with Crippen molar-refractivity contribution in [1.29, 1.82) is 0 Å². The predicted octanol–water partition coefficient (Wildman–Crippen LogP) is 9.24. The van der Waals surface area contributed by atoms with Gasteiger partial charge in [0.1, 0.15) is 11.5 Å². The van der Waals surface area contributed by atoms with E-state index < -0.39 is 18.4 Å². The SMILES string of the molecule is CCC[CH2][Sn]([CH2]CCC)([CH2]CCC)[c]1ccc(Oc2ccc(N(Cc3cc(OC)ccc3OC)C(C)=O)cc2)cc1F. The van der Waals surface area contributed by atoms with Gasteiger partial charge in [-0.3, -0.25) is 0 Å². The molecule has 0 aliphatic heterocycles. The van der Waals surface area contributed by atoms with Crippen molar-refractivity contribution >= 4 is 33.6 Å². The van der Waals surface area contributed by atoms with E-state index in [1.807, 2.05) is 54.6 Å². The van der Waals surface area contributed by atoms with E-state index in [-0.39, 0.29) is 11.7 Å². The van der Waals surface area contributed by atoms with Gasteiger partial charge in [0.25, 0.3) is 0 Å². The third kappa shape index (κ3) is 8.88. The van der Waals surface area contributed by atoms with E-state index in [2.05, 4.69) is 20.8 Å². The summed E-state index contributed by atoms with van der Waals surface area (Å²) in [6, 6.07) is 18.4. The van der Waals surface area contributed by atoms with Gasteiger partial charge in [0.2, 0.25) is 0 Å². The first-order valence-electron chi connectivity index (χ1n) is 15.4. The second-order valence-corrected chi connectivity index (χ2v) is 24.2. The summed E-state index contributed by atoms with van der Waals surface area (Å²) in [4.78, 5) is 14.3. The number of ether oxygens (including phenoxy) is 3. The molecule has 5 nitrogen and oxygen atoms in total. The van der Waals surface area contributed by atoms with E-state index in [0.29, 0.717) is 29.5 Å². The Morgan fingerprint density at radius 3 is 1.83 bits per heavy atom. The molecular weight excluding hydrogens is 636 g/mol. The van der Waals surface area contributed by atoms with Crippen molar-refractivity contribution in [2.24, 2.45) is 0 Å². The summed E-state index contributed by atoms with van der Waals surface area (Å²) in [5.41, 5.74) is 1.56. The molecule has 0 aromatic heterocycles. The number of rotatable bonds is 17. The number of anilines is 1. The van der Waals surface area contributed by atoms with E-state index in [1.54, 1.807) is 25.2 Å². The first kappa shape index (κ1) is 33.8. The quantitative estimate of drug-likeness (QED) is 0.133. The van der Waals surface area contributed by atoms with Gasteiger partial charge in [-0.2, -0.15) is 0 Å². The Labute approximate surface area is 256 Å². The Balaban J connectivity index is 1.82. The van der Waals surface area contributed by atoms with Crippen LogP contribution in [0.15, 0.2) is 60.7 Å². The van der Waals surface area contributed by atoms with Gasteiger partial charge >= 0.3 is 204 Å². The molecular formula is C35H48FNO4Sn. The van der Waals surface area contributed by atoms with Crippen LogP contribution < -0.4 is 22.7 Å². The van der Waals surface area contributed by atoms with Gasteiger partial charge in [0, 0.05) is 0 Å². The van der Waals surface area contributed by atoms with Crippen LogP contribution >= 0.6 is 0 Å². The summed E-state index contributed by atoms with van der Waals surface area (Å²) in [5, 5.41) is 0. The van der Waals surface area contributed by atoms with E-state index in [1.165, 1.54) is 39.5 Å². The van der Waals surface area contributed by atoms with Crippen LogP contribution in [-0.4, -0.2) is 38.5 Å². The number of unbranched alkanes of at least 4 members (excludes halogenated alkanes) is 3. The number of halogens is 1. The second-order valence-electron chi connectivity index (χ2n) is 11.1. The van der Waals surface area contributed by atoms with E-state index in [4.69, 9.17) is 14.2 Å². The standard InChI is InChI=1S/C23H21FNO4.3C4H9.Sn/c1-16(26)25(15-17-13-21(27-2)11-12-23(17)28-3)19-7-9-20(10-8-19)29-22-6-4-5-18(24)14-22;3*1-3-4-2;/h4,6-14H,15H2,1-3H3;3*1,3-4H2,2H3;. The molecule has 228 valence electrons. The monoisotopic (exact) mass is 685 g/mol. The van der Waals surface area contributed by atoms with E-state index in [0.717, 1.165) is 34.1 Å². The summed E-state index contributed by atoms with van der Waals surface area (Å²) in [6.07, 6.45) is 7.04. The molecule has 7 heteroatoms. The molecule has 0 atom stereocenters. The molecule has 0 bridgehead atoms. The van der Waals surface area contributed by atoms with Crippen molar-refractivity contribution in [2.75, 3.05) is 19.1 Å².